The minimum absolute atomic E-state index is 0.206. The molecule has 3 N–H and O–H groups in total. The van der Waals surface area contributed by atoms with Gasteiger partial charge in [0.25, 0.3) is 5.91 Å². The number of imide groups is 1. The van der Waals surface area contributed by atoms with Gasteiger partial charge in [-0.3, -0.25) is 34.3 Å². The van der Waals surface area contributed by atoms with Crippen molar-refractivity contribution < 1.29 is 14.4 Å². The van der Waals surface area contributed by atoms with Gasteiger partial charge in [0.2, 0.25) is 17.8 Å². The largest absolute Gasteiger partial charge is 0.340 e. The normalized spacial score (nSPS) is 17.7. The molecule has 0 radical (unpaired) electrons. The van der Waals surface area contributed by atoms with Gasteiger partial charge in [-0.15, -0.1) is 0 Å². The summed E-state index contributed by atoms with van der Waals surface area (Å²) in [6.07, 6.45) is 9.95. The monoisotopic (exact) mass is 797 g/mol. The molecule has 276 valence electrons. The first kappa shape index (κ1) is 34.7. The quantitative estimate of drug-likeness (QED) is 0.144. The number of carbonyl (C=O) groups excluding carboxylic acids is 3. The van der Waals surface area contributed by atoms with E-state index in [0.29, 0.717) is 29.8 Å². The Morgan fingerprint density at radius 1 is 0.891 bits per heavy atom. The van der Waals surface area contributed by atoms with Crippen molar-refractivity contribution in [3.05, 3.63) is 113 Å². The topological polar surface area (TPSA) is 163 Å². The average molecular weight is 799 g/mol. The number of halogens is 1. The van der Waals surface area contributed by atoms with Crippen LogP contribution in [0.1, 0.15) is 53.2 Å². The second-order valence-corrected chi connectivity index (χ2v) is 14.9. The lowest BCUT2D eigenvalue weighted by Gasteiger charge is -2.32. The van der Waals surface area contributed by atoms with Crippen molar-refractivity contribution in [1.29, 1.82) is 0 Å². The molecule has 14 nitrogen and oxygen atoms in total. The van der Waals surface area contributed by atoms with Crippen LogP contribution in [0.3, 0.4) is 0 Å². The Bertz CT molecular complexity index is 2460. The number of hydrogen-bond donors (Lipinski definition) is 3. The first-order valence-electron chi connectivity index (χ1n) is 18.3. The summed E-state index contributed by atoms with van der Waals surface area (Å²) in [6.45, 7) is 2.99. The predicted octanol–water partition coefficient (Wildman–Crippen LogP) is 6.13. The van der Waals surface area contributed by atoms with Crippen LogP contribution in [0.5, 0.6) is 0 Å². The highest BCUT2D eigenvalue weighted by Gasteiger charge is 2.40. The van der Waals surface area contributed by atoms with Crippen LogP contribution < -0.4 is 16.0 Å². The van der Waals surface area contributed by atoms with E-state index >= 15 is 0 Å². The molecule has 3 aliphatic heterocycles. The first-order valence-corrected chi connectivity index (χ1v) is 19.0. The van der Waals surface area contributed by atoms with Gasteiger partial charge in [0.05, 0.1) is 29.6 Å². The Labute approximate surface area is 324 Å². The Morgan fingerprint density at radius 2 is 1.75 bits per heavy atom. The molecule has 3 aromatic carbocycles. The summed E-state index contributed by atoms with van der Waals surface area (Å²) >= 11 is 3.59. The summed E-state index contributed by atoms with van der Waals surface area (Å²) in [5, 5.41) is 13.8. The van der Waals surface area contributed by atoms with E-state index in [9.17, 15) is 14.4 Å². The van der Waals surface area contributed by atoms with Gasteiger partial charge in [0.15, 0.2) is 0 Å². The summed E-state index contributed by atoms with van der Waals surface area (Å²) in [6, 6.07) is 21.0. The predicted molar refractivity (Wildman–Crippen MR) is 210 cm³/mol. The van der Waals surface area contributed by atoms with E-state index in [1.807, 2.05) is 48.8 Å². The number of nitrogens with one attached hydrogen (secondary N) is 3. The number of likely N-dealkylation sites (tertiary alicyclic amines) is 1. The number of para-hydroxylation sites is 1. The zero-order chi connectivity index (χ0) is 37.5. The molecule has 6 aromatic rings. The second kappa shape index (κ2) is 14.6. The van der Waals surface area contributed by atoms with Gasteiger partial charge in [-0.2, -0.15) is 10.1 Å². The van der Waals surface area contributed by atoms with Crippen LogP contribution in [0.4, 0.5) is 23.1 Å². The van der Waals surface area contributed by atoms with E-state index in [1.165, 1.54) is 10.5 Å². The van der Waals surface area contributed by atoms with Gasteiger partial charge >= 0.3 is 0 Å². The number of piperidine rings is 2. The van der Waals surface area contributed by atoms with Crippen LogP contribution in [0, 0.1) is 0 Å². The van der Waals surface area contributed by atoms with E-state index in [-0.39, 0.29) is 24.8 Å². The standard InChI is InChI=1S/C40H36BrN11O3/c41-30-7-3-9-32-37(30)47-33(20-43-32)25-19-44-52(22-25)27-13-16-50(17-14-27)21-24-4-1-5-26(18-24)45-40-42-15-12-35(48-40)46-31-8-2-6-28-29(31)23-51(39(28)55)34-10-11-36(53)49-38(34)54/h1-9,12,15,18-20,22,27,34H,10-11,13-14,16-17,21,23H2,(H,49,53,54)(H2,42,45,46,48). The van der Waals surface area contributed by atoms with Crippen LogP contribution in [-0.4, -0.2) is 76.4 Å². The SMILES string of the molecule is O=C1CCC(N2Cc3c(Nc4ccnc(Nc5cccc(CN6CCC(n7cc(-c8cnc9cccc(Br)c9n8)cn7)CC6)c5)n4)cccc3C2=O)C(=O)N1. The summed E-state index contributed by atoms with van der Waals surface area (Å²) in [7, 11) is 0. The fourth-order valence-corrected chi connectivity index (χ4v) is 8.06. The molecule has 3 aromatic heterocycles. The third-order valence-electron chi connectivity index (χ3n) is 10.4. The van der Waals surface area contributed by atoms with E-state index in [1.54, 1.807) is 24.4 Å². The highest BCUT2D eigenvalue weighted by Crippen LogP contribution is 2.34. The number of benzene rings is 3. The lowest BCUT2D eigenvalue weighted by Crippen LogP contribution is -2.52. The third kappa shape index (κ3) is 7.15. The Hall–Kier alpha value is -6.06. The highest BCUT2D eigenvalue weighted by atomic mass is 79.9. The van der Waals surface area contributed by atoms with Gasteiger partial charge in [-0.1, -0.05) is 24.3 Å². The van der Waals surface area contributed by atoms with E-state index < -0.39 is 11.9 Å². The molecule has 0 spiro atoms. The van der Waals surface area contributed by atoms with Crippen LogP contribution in [0.15, 0.2) is 96.0 Å². The number of nitrogens with zero attached hydrogens (tertiary/aromatic N) is 8. The van der Waals surface area contributed by atoms with Crippen LogP contribution in [0.2, 0.25) is 0 Å². The molecule has 1 atom stereocenters. The minimum atomic E-state index is -0.681. The lowest BCUT2D eigenvalue weighted by atomic mass is 10.0. The Kier molecular flexibility index (Phi) is 9.23. The summed E-state index contributed by atoms with van der Waals surface area (Å²) in [4.78, 5) is 60.1. The van der Waals surface area contributed by atoms with E-state index in [4.69, 9.17) is 15.1 Å². The number of aromatic nitrogens is 6. The molecule has 6 heterocycles. The number of rotatable bonds is 9. The minimum Gasteiger partial charge on any atom is -0.340 e. The average Bonchev–Trinajstić information content (AvgIpc) is 3.81. The molecule has 1 unspecified atom stereocenters. The summed E-state index contributed by atoms with van der Waals surface area (Å²) in [5.74, 6) is 0.0103. The molecule has 2 fully saturated rings. The number of fused-ring (bicyclic) bond motifs is 2. The van der Waals surface area contributed by atoms with Crippen molar-refractivity contribution in [2.45, 2.75) is 50.9 Å². The van der Waals surface area contributed by atoms with Crippen molar-refractivity contribution in [2.75, 3.05) is 23.7 Å². The Morgan fingerprint density at radius 3 is 2.62 bits per heavy atom. The maximum Gasteiger partial charge on any atom is 0.255 e. The van der Waals surface area contributed by atoms with Gasteiger partial charge < -0.3 is 15.5 Å². The van der Waals surface area contributed by atoms with E-state index in [2.05, 4.69) is 69.8 Å². The van der Waals surface area contributed by atoms with Crippen LogP contribution in [-0.2, 0) is 22.7 Å². The molecular weight excluding hydrogens is 762 g/mol. The van der Waals surface area contributed by atoms with E-state index in [0.717, 1.165) is 76.2 Å². The second-order valence-electron chi connectivity index (χ2n) is 14.0. The fourth-order valence-electron chi connectivity index (χ4n) is 7.61. The Balaban J connectivity index is 0.810. The molecule has 0 saturated carbocycles. The maximum atomic E-state index is 13.3. The molecule has 15 heteroatoms. The number of anilines is 4. The van der Waals surface area contributed by atoms with Gasteiger partial charge in [-0.25, -0.2) is 9.97 Å². The molecule has 3 aliphatic rings. The molecule has 9 rings (SSSR count). The third-order valence-corrected chi connectivity index (χ3v) is 11.1. The van der Waals surface area contributed by atoms with Gasteiger partial charge in [0, 0.05) is 77.5 Å². The van der Waals surface area contributed by atoms with Crippen molar-refractivity contribution >= 4 is 67.8 Å². The maximum absolute atomic E-state index is 13.3. The van der Waals surface area contributed by atoms with Crippen molar-refractivity contribution in [1.82, 2.24) is 44.8 Å². The first-order chi connectivity index (χ1) is 26.8. The van der Waals surface area contributed by atoms with Gasteiger partial charge in [0.1, 0.15) is 17.4 Å². The lowest BCUT2D eigenvalue weighted by molar-refractivity contribution is -0.136. The number of amides is 3. The highest BCUT2D eigenvalue weighted by molar-refractivity contribution is 9.10. The van der Waals surface area contributed by atoms with Crippen LogP contribution in [0.25, 0.3) is 22.3 Å². The number of carbonyl (C=O) groups is 3. The molecule has 2 saturated heterocycles. The fraction of sp³-hybridized carbons (Fsp3) is 0.250. The summed E-state index contributed by atoms with van der Waals surface area (Å²) in [5.41, 5.74) is 7.55. The molecule has 0 bridgehead atoms. The summed E-state index contributed by atoms with van der Waals surface area (Å²) < 4.78 is 3.00. The molecule has 55 heavy (non-hydrogen) atoms. The van der Waals surface area contributed by atoms with Crippen molar-refractivity contribution in [2.24, 2.45) is 0 Å². The molecular formula is C40H36BrN11O3. The number of hydrogen-bond acceptors (Lipinski definition) is 11. The van der Waals surface area contributed by atoms with Crippen LogP contribution >= 0.6 is 15.9 Å². The zero-order valence-corrected chi connectivity index (χ0v) is 31.2. The molecule has 3 amide bonds. The van der Waals surface area contributed by atoms with Crippen molar-refractivity contribution in [3.8, 4) is 11.3 Å². The zero-order valence-electron chi connectivity index (χ0n) is 29.7. The van der Waals surface area contributed by atoms with Gasteiger partial charge in [-0.05, 0) is 83.2 Å². The molecule has 0 aliphatic carbocycles. The van der Waals surface area contributed by atoms with Crippen molar-refractivity contribution in [3.63, 3.8) is 0 Å². The smallest absolute Gasteiger partial charge is 0.255 e.